The van der Waals surface area contributed by atoms with Crippen molar-refractivity contribution >= 4 is 11.4 Å². The summed E-state index contributed by atoms with van der Waals surface area (Å²) in [5, 5.41) is 36.2. The molecule has 0 radical (unpaired) electrons. The summed E-state index contributed by atoms with van der Waals surface area (Å²) in [6, 6.07) is 5.60. The molecule has 0 saturated carbocycles. The molecule has 0 atom stereocenters. The molecule has 0 amide bonds. The third-order valence-electron chi connectivity index (χ3n) is 3.93. The van der Waals surface area contributed by atoms with Crippen LogP contribution in [0.25, 0.3) is 11.4 Å². The Kier molecular flexibility index (Phi) is 6.08. The minimum Gasteiger partial charge on any atom is -0.258 e. The molecular weight excluding hydrogens is 454 g/mol. The van der Waals surface area contributed by atoms with E-state index in [1.54, 1.807) is 0 Å². The largest absolute Gasteiger partial charge is 0.368 e. The molecule has 0 unspecified atom stereocenters. The van der Waals surface area contributed by atoms with Gasteiger partial charge in [-0.1, -0.05) is 0 Å². The second-order valence-corrected chi connectivity index (χ2v) is 6.00. The third-order valence-corrected chi connectivity index (χ3v) is 3.93. The van der Waals surface area contributed by atoms with Gasteiger partial charge in [0, 0.05) is 31.3 Å². The zero-order chi connectivity index (χ0) is 24.3. The van der Waals surface area contributed by atoms with Gasteiger partial charge in [0.2, 0.25) is 0 Å². The molecule has 4 rings (SSSR count). The van der Waals surface area contributed by atoms with Crippen molar-refractivity contribution in [2.75, 3.05) is 0 Å². The number of hydrogen-bond donors (Lipinski definition) is 1. The van der Waals surface area contributed by atoms with Gasteiger partial charge in [0.05, 0.1) is 9.85 Å². The fraction of sp³-hybridized carbons (Fsp3) is 0.0667. The first kappa shape index (κ1) is 22.5. The molecule has 1 N–H and O–H groups in total. The van der Waals surface area contributed by atoms with Crippen molar-refractivity contribution in [1.29, 1.82) is 0 Å². The number of nitrogens with one attached hydrogen (secondary N) is 1. The van der Waals surface area contributed by atoms with E-state index in [1.807, 2.05) is 5.10 Å². The number of nitro groups is 2. The van der Waals surface area contributed by atoms with Crippen molar-refractivity contribution in [3.63, 3.8) is 0 Å². The van der Waals surface area contributed by atoms with E-state index in [0.717, 1.165) is 41.1 Å². The second-order valence-electron chi connectivity index (χ2n) is 6.00. The number of tetrazole rings is 2. The van der Waals surface area contributed by atoms with Crippen molar-refractivity contribution in [2.45, 2.75) is 0 Å². The van der Waals surface area contributed by atoms with Crippen LogP contribution in [0.2, 0.25) is 0 Å². The fourth-order valence-corrected chi connectivity index (χ4v) is 2.37. The average Bonchev–Trinajstić information content (AvgIpc) is 3.34. The topological polar surface area (TPSA) is 203 Å². The van der Waals surface area contributed by atoms with Crippen LogP contribution in [0.1, 0.15) is 0 Å². The highest BCUT2D eigenvalue weighted by Crippen LogP contribution is 2.19. The van der Waals surface area contributed by atoms with Crippen LogP contribution in [-0.4, -0.2) is 49.8 Å². The Hall–Kier alpha value is -5.16. The highest BCUT2D eigenvalue weighted by Gasteiger charge is 2.16. The van der Waals surface area contributed by atoms with Crippen LogP contribution in [0, 0.1) is 31.9 Å². The van der Waals surface area contributed by atoms with Crippen LogP contribution in [-0.2, 0) is 7.05 Å². The molecule has 0 fully saturated rings. The van der Waals surface area contributed by atoms with Gasteiger partial charge in [-0.15, -0.1) is 0 Å². The molecule has 0 aliphatic rings. The molecule has 0 aliphatic carbocycles. The number of hydrogen-bond acceptors (Lipinski definition) is 10. The van der Waals surface area contributed by atoms with E-state index < -0.39 is 32.9 Å². The lowest BCUT2D eigenvalue weighted by Gasteiger charge is -1.99. The minimum atomic E-state index is -0.804. The standard InChI is InChI=1S/C8H6FN5O3.C7H4FN5O3/c1-12-8(15)13(11-10-12)7-4-5(14(16)17)2-3-6(7)9;8-5-2-1-4(13(15)16)3-6(5)12-7(14)9-10-11-12/h2-4H,1H3;1-3H,(H,9,11,14). The quantitative estimate of drug-likeness (QED) is 0.317. The maximum absolute atomic E-state index is 13.4. The first-order valence-electron chi connectivity index (χ1n) is 8.48. The molecule has 18 heteroatoms. The van der Waals surface area contributed by atoms with E-state index in [2.05, 4.69) is 20.9 Å². The molecule has 16 nitrogen and oxygen atoms in total. The lowest BCUT2D eigenvalue weighted by molar-refractivity contribution is -0.385. The Morgan fingerprint density at radius 2 is 1.36 bits per heavy atom. The number of H-pyrrole nitrogens is 1. The smallest absolute Gasteiger partial charge is 0.258 e. The van der Waals surface area contributed by atoms with Crippen molar-refractivity contribution in [2.24, 2.45) is 7.05 Å². The number of benzene rings is 2. The van der Waals surface area contributed by atoms with Crippen LogP contribution in [0.5, 0.6) is 0 Å². The third kappa shape index (κ3) is 4.62. The maximum atomic E-state index is 13.4. The van der Waals surface area contributed by atoms with E-state index >= 15 is 0 Å². The number of rotatable bonds is 4. The normalized spacial score (nSPS) is 10.4. The van der Waals surface area contributed by atoms with Crippen molar-refractivity contribution in [1.82, 2.24) is 40.0 Å². The molecule has 0 aliphatic heterocycles. The predicted molar refractivity (Wildman–Crippen MR) is 102 cm³/mol. The summed E-state index contributed by atoms with van der Waals surface area (Å²) >= 11 is 0. The van der Waals surface area contributed by atoms with Crippen LogP contribution >= 0.6 is 0 Å². The van der Waals surface area contributed by atoms with Crippen LogP contribution in [0.15, 0.2) is 46.0 Å². The predicted octanol–water partition coefficient (Wildman–Crippen LogP) is 0.0162. The highest BCUT2D eigenvalue weighted by atomic mass is 19.1. The van der Waals surface area contributed by atoms with E-state index in [0.29, 0.717) is 9.36 Å². The van der Waals surface area contributed by atoms with Crippen molar-refractivity contribution in [3.05, 3.63) is 89.2 Å². The Balaban J connectivity index is 0.000000186. The number of nitrogens with zero attached hydrogens (tertiary/aromatic N) is 9. The maximum Gasteiger partial charge on any atom is 0.368 e. The second kappa shape index (κ2) is 8.91. The Morgan fingerprint density at radius 3 is 1.76 bits per heavy atom. The summed E-state index contributed by atoms with van der Waals surface area (Å²) in [7, 11) is 1.33. The SMILES string of the molecule is Cn1nnn(-c2cc([N+](=O)[O-])ccc2F)c1=O.O=c1[nH]nnn1-c1cc([N+](=O)[O-])ccc1F. The van der Waals surface area contributed by atoms with Gasteiger partial charge < -0.3 is 0 Å². The highest BCUT2D eigenvalue weighted by molar-refractivity contribution is 5.44. The molecule has 170 valence electrons. The molecule has 2 aromatic heterocycles. The van der Waals surface area contributed by atoms with E-state index in [9.17, 15) is 38.6 Å². The minimum absolute atomic E-state index is 0.308. The van der Waals surface area contributed by atoms with Crippen LogP contribution in [0.3, 0.4) is 0 Å². The number of aryl methyl sites for hydroxylation is 1. The van der Waals surface area contributed by atoms with Gasteiger partial charge in [0.15, 0.2) is 0 Å². The molecule has 4 aromatic rings. The van der Waals surface area contributed by atoms with E-state index in [-0.39, 0.29) is 22.7 Å². The molecule has 0 saturated heterocycles. The van der Waals surface area contributed by atoms with Gasteiger partial charge in [-0.2, -0.15) is 14.0 Å². The monoisotopic (exact) mass is 464 g/mol. The van der Waals surface area contributed by atoms with Crippen LogP contribution < -0.4 is 11.4 Å². The molecule has 2 heterocycles. The summed E-state index contributed by atoms with van der Waals surface area (Å²) in [4.78, 5) is 42.2. The molecular formula is C15H10F2N10O6. The fourth-order valence-electron chi connectivity index (χ4n) is 2.37. The number of aromatic nitrogens is 8. The lowest BCUT2D eigenvalue weighted by atomic mass is 10.2. The van der Waals surface area contributed by atoms with Gasteiger partial charge in [0.25, 0.3) is 11.4 Å². The zero-order valence-corrected chi connectivity index (χ0v) is 16.2. The van der Waals surface area contributed by atoms with Crippen molar-refractivity contribution in [3.8, 4) is 11.4 Å². The molecule has 0 bridgehead atoms. The van der Waals surface area contributed by atoms with Gasteiger partial charge in [-0.25, -0.2) is 23.5 Å². The first-order valence-corrected chi connectivity index (χ1v) is 8.48. The average molecular weight is 464 g/mol. The van der Waals surface area contributed by atoms with E-state index in [4.69, 9.17) is 0 Å². The number of non-ortho nitro benzene ring substituents is 2. The zero-order valence-electron chi connectivity index (χ0n) is 16.2. The summed E-state index contributed by atoms with van der Waals surface area (Å²) in [5.41, 5.74) is -2.78. The number of nitro benzene ring substituents is 2. The van der Waals surface area contributed by atoms with Gasteiger partial charge in [-0.05, 0) is 33.0 Å². The summed E-state index contributed by atoms with van der Waals surface area (Å²) < 4.78 is 28.9. The molecule has 33 heavy (non-hydrogen) atoms. The van der Waals surface area contributed by atoms with Gasteiger partial charge in [0.1, 0.15) is 23.0 Å². The Morgan fingerprint density at radius 1 is 0.848 bits per heavy atom. The Bertz CT molecular complexity index is 1470. The summed E-state index contributed by atoms with van der Waals surface area (Å²) in [6.45, 7) is 0. The van der Waals surface area contributed by atoms with E-state index in [1.165, 1.54) is 7.05 Å². The summed E-state index contributed by atoms with van der Waals surface area (Å²) in [6.07, 6.45) is 0. The molecule has 2 aromatic carbocycles. The number of aromatic amines is 1. The van der Waals surface area contributed by atoms with Gasteiger partial charge >= 0.3 is 11.4 Å². The molecule has 0 spiro atoms. The number of halogens is 2. The van der Waals surface area contributed by atoms with Gasteiger partial charge in [-0.3, -0.25) is 20.2 Å². The Labute approximate surface area is 178 Å². The van der Waals surface area contributed by atoms with Crippen LogP contribution in [0.4, 0.5) is 20.2 Å². The van der Waals surface area contributed by atoms with Crippen molar-refractivity contribution < 1.29 is 18.6 Å². The first-order chi connectivity index (χ1) is 15.6. The summed E-state index contributed by atoms with van der Waals surface area (Å²) in [5.74, 6) is -1.60. The lowest BCUT2D eigenvalue weighted by Crippen LogP contribution is -2.22.